The van der Waals surface area contributed by atoms with Gasteiger partial charge in [-0.3, -0.25) is 4.79 Å². The zero-order chi connectivity index (χ0) is 20.2. The van der Waals surface area contributed by atoms with Crippen LogP contribution in [-0.4, -0.2) is 18.7 Å². The van der Waals surface area contributed by atoms with Crippen molar-refractivity contribution in [3.63, 3.8) is 0 Å². The van der Waals surface area contributed by atoms with E-state index < -0.39 is 11.5 Å². The Kier molecular flexibility index (Phi) is 5.07. The summed E-state index contributed by atoms with van der Waals surface area (Å²) in [5.74, 6) is 0.0349. The molecule has 1 N–H and O–H groups in total. The number of carbonyl (C=O) groups is 1. The molecule has 3 aromatic carbocycles. The number of fused-ring (bicyclic) bond motifs is 2. The Labute approximate surface area is 166 Å². The number of hydrazone groups is 1. The standard InChI is InChI=1S/C23H18N2O4/c1-15-10-23(27)29-21-12-19(8-9-20(15)21)28-14-22(26)25-24-13-16-6-7-17-4-2-3-5-18(17)11-16/h2-13H,14H2,1H3,(H,25,26)/b24-13-. The molecular formula is C23H18N2O4. The van der Waals surface area contributed by atoms with E-state index in [9.17, 15) is 9.59 Å². The summed E-state index contributed by atoms with van der Waals surface area (Å²) in [4.78, 5) is 23.5. The van der Waals surface area contributed by atoms with Gasteiger partial charge in [0, 0.05) is 17.5 Å². The van der Waals surface area contributed by atoms with Crippen molar-refractivity contribution in [2.75, 3.05) is 6.61 Å². The van der Waals surface area contributed by atoms with Gasteiger partial charge in [-0.05, 0) is 47.0 Å². The van der Waals surface area contributed by atoms with Gasteiger partial charge in [0.05, 0.1) is 6.21 Å². The van der Waals surface area contributed by atoms with E-state index >= 15 is 0 Å². The molecule has 0 atom stereocenters. The fraction of sp³-hybridized carbons (Fsp3) is 0.0870. The third-order valence-corrected chi connectivity index (χ3v) is 4.47. The fourth-order valence-corrected chi connectivity index (χ4v) is 3.04. The molecule has 144 valence electrons. The van der Waals surface area contributed by atoms with E-state index in [1.165, 1.54) is 6.07 Å². The van der Waals surface area contributed by atoms with Gasteiger partial charge in [-0.15, -0.1) is 0 Å². The van der Waals surface area contributed by atoms with Crippen LogP contribution in [0.3, 0.4) is 0 Å². The van der Waals surface area contributed by atoms with Gasteiger partial charge in [-0.2, -0.15) is 5.10 Å². The zero-order valence-electron chi connectivity index (χ0n) is 15.7. The van der Waals surface area contributed by atoms with Crippen LogP contribution in [0.4, 0.5) is 0 Å². The fourth-order valence-electron chi connectivity index (χ4n) is 3.04. The Balaban J connectivity index is 1.36. The lowest BCUT2D eigenvalue weighted by atomic mass is 10.1. The number of aryl methyl sites for hydroxylation is 1. The van der Waals surface area contributed by atoms with E-state index in [1.807, 2.05) is 49.4 Å². The van der Waals surface area contributed by atoms with Crippen LogP contribution in [0.5, 0.6) is 5.75 Å². The number of nitrogens with zero attached hydrogens (tertiary/aromatic N) is 1. The summed E-state index contributed by atoms with van der Waals surface area (Å²) in [6.45, 7) is 1.62. The van der Waals surface area contributed by atoms with E-state index in [2.05, 4.69) is 10.5 Å². The molecule has 0 fully saturated rings. The summed E-state index contributed by atoms with van der Waals surface area (Å²) < 4.78 is 10.6. The third-order valence-electron chi connectivity index (χ3n) is 4.47. The van der Waals surface area contributed by atoms with E-state index in [1.54, 1.807) is 24.4 Å². The maximum atomic E-state index is 12.0. The average Bonchev–Trinajstić information content (AvgIpc) is 2.72. The Bertz CT molecular complexity index is 1290. The van der Waals surface area contributed by atoms with Crippen molar-refractivity contribution in [3.05, 3.63) is 88.3 Å². The number of carbonyl (C=O) groups excluding carboxylic acids is 1. The summed E-state index contributed by atoms with van der Waals surface area (Å²) in [5.41, 5.74) is 4.13. The molecule has 0 aliphatic carbocycles. The Morgan fingerprint density at radius 2 is 1.90 bits per heavy atom. The predicted octanol–water partition coefficient (Wildman–Crippen LogP) is 3.78. The molecule has 29 heavy (non-hydrogen) atoms. The number of ether oxygens (including phenoxy) is 1. The van der Waals surface area contributed by atoms with Gasteiger partial charge in [-0.25, -0.2) is 10.2 Å². The van der Waals surface area contributed by atoms with Gasteiger partial charge < -0.3 is 9.15 Å². The smallest absolute Gasteiger partial charge is 0.336 e. The summed E-state index contributed by atoms with van der Waals surface area (Å²) in [5, 5.41) is 7.03. The average molecular weight is 386 g/mol. The van der Waals surface area contributed by atoms with Crippen molar-refractivity contribution >= 4 is 33.9 Å². The van der Waals surface area contributed by atoms with Crippen molar-refractivity contribution in [2.24, 2.45) is 5.10 Å². The van der Waals surface area contributed by atoms with E-state index in [4.69, 9.17) is 9.15 Å². The van der Waals surface area contributed by atoms with E-state index in [-0.39, 0.29) is 6.61 Å². The normalized spacial score (nSPS) is 11.2. The number of amides is 1. The van der Waals surface area contributed by atoms with E-state index in [0.29, 0.717) is 11.3 Å². The molecule has 1 heterocycles. The number of nitrogens with one attached hydrogen (secondary N) is 1. The monoisotopic (exact) mass is 386 g/mol. The highest BCUT2D eigenvalue weighted by molar-refractivity contribution is 5.91. The largest absolute Gasteiger partial charge is 0.484 e. The molecule has 6 heteroatoms. The number of benzene rings is 3. The number of rotatable bonds is 5. The second kappa shape index (κ2) is 7.98. The van der Waals surface area contributed by atoms with Gasteiger partial charge in [0.2, 0.25) is 0 Å². The molecule has 6 nitrogen and oxygen atoms in total. The lowest BCUT2D eigenvalue weighted by molar-refractivity contribution is -0.123. The van der Waals surface area contributed by atoms with Crippen molar-refractivity contribution < 1.29 is 13.9 Å². The lowest BCUT2D eigenvalue weighted by Gasteiger charge is -2.06. The maximum Gasteiger partial charge on any atom is 0.336 e. The van der Waals surface area contributed by atoms with Crippen molar-refractivity contribution in [1.82, 2.24) is 5.43 Å². The number of hydrogen-bond donors (Lipinski definition) is 1. The predicted molar refractivity (Wildman–Crippen MR) is 112 cm³/mol. The molecule has 0 aliphatic heterocycles. The molecule has 0 aliphatic rings. The van der Waals surface area contributed by atoms with Gasteiger partial charge in [0.25, 0.3) is 5.91 Å². The number of hydrogen-bond acceptors (Lipinski definition) is 5. The molecule has 0 bridgehead atoms. The minimum absolute atomic E-state index is 0.212. The van der Waals surface area contributed by atoms with Crippen LogP contribution in [0.2, 0.25) is 0 Å². The molecule has 0 spiro atoms. The molecule has 0 radical (unpaired) electrons. The van der Waals surface area contributed by atoms with Crippen LogP contribution in [0.1, 0.15) is 11.1 Å². The highest BCUT2D eigenvalue weighted by Gasteiger charge is 2.06. The molecular weight excluding hydrogens is 368 g/mol. The zero-order valence-corrected chi connectivity index (χ0v) is 15.7. The first kappa shape index (κ1) is 18.4. The van der Waals surface area contributed by atoms with Crippen LogP contribution in [0, 0.1) is 6.92 Å². The molecule has 0 saturated heterocycles. The second-order valence-corrected chi connectivity index (χ2v) is 6.59. The first-order valence-electron chi connectivity index (χ1n) is 9.06. The summed E-state index contributed by atoms with van der Waals surface area (Å²) in [6.07, 6.45) is 1.58. The molecule has 4 aromatic rings. The third kappa shape index (κ3) is 4.32. The lowest BCUT2D eigenvalue weighted by Crippen LogP contribution is -2.24. The van der Waals surface area contributed by atoms with Crippen molar-refractivity contribution in [2.45, 2.75) is 6.92 Å². The summed E-state index contributed by atoms with van der Waals surface area (Å²) >= 11 is 0. The first-order chi connectivity index (χ1) is 14.1. The highest BCUT2D eigenvalue weighted by Crippen LogP contribution is 2.22. The minimum atomic E-state index is -0.423. The van der Waals surface area contributed by atoms with Crippen LogP contribution >= 0.6 is 0 Å². The van der Waals surface area contributed by atoms with Crippen molar-refractivity contribution in [1.29, 1.82) is 0 Å². The van der Waals surface area contributed by atoms with Crippen LogP contribution in [0.15, 0.2) is 81.0 Å². The quantitative estimate of drug-likeness (QED) is 0.321. The maximum absolute atomic E-state index is 12.0. The molecule has 0 unspecified atom stereocenters. The molecule has 0 saturated carbocycles. The molecule has 4 rings (SSSR count). The van der Waals surface area contributed by atoms with Gasteiger partial charge >= 0.3 is 5.63 Å². The minimum Gasteiger partial charge on any atom is -0.484 e. The Morgan fingerprint density at radius 1 is 1.07 bits per heavy atom. The summed E-state index contributed by atoms with van der Waals surface area (Å²) in [7, 11) is 0. The van der Waals surface area contributed by atoms with Crippen LogP contribution < -0.4 is 15.8 Å². The first-order valence-corrected chi connectivity index (χ1v) is 9.06. The summed E-state index contributed by atoms with van der Waals surface area (Å²) in [6, 6.07) is 20.5. The van der Waals surface area contributed by atoms with Crippen LogP contribution in [0.25, 0.3) is 21.7 Å². The van der Waals surface area contributed by atoms with Gasteiger partial charge in [0.15, 0.2) is 6.61 Å². The second-order valence-electron chi connectivity index (χ2n) is 6.59. The molecule has 1 amide bonds. The SMILES string of the molecule is Cc1cc(=O)oc2cc(OCC(=O)N/N=C\c3ccc4ccccc4c3)ccc12. The van der Waals surface area contributed by atoms with Gasteiger partial charge in [0.1, 0.15) is 11.3 Å². The Morgan fingerprint density at radius 3 is 2.76 bits per heavy atom. The Hall–Kier alpha value is -3.93. The van der Waals surface area contributed by atoms with Gasteiger partial charge in [-0.1, -0.05) is 36.4 Å². The van der Waals surface area contributed by atoms with Crippen LogP contribution in [-0.2, 0) is 4.79 Å². The van der Waals surface area contributed by atoms with E-state index in [0.717, 1.165) is 27.3 Å². The topological polar surface area (TPSA) is 80.9 Å². The van der Waals surface area contributed by atoms with Crippen molar-refractivity contribution in [3.8, 4) is 5.75 Å². The molecule has 1 aromatic heterocycles. The highest BCUT2D eigenvalue weighted by atomic mass is 16.5.